The van der Waals surface area contributed by atoms with Crippen LogP contribution in [0.4, 0.5) is 14.5 Å². The van der Waals surface area contributed by atoms with E-state index in [1.165, 1.54) is 6.07 Å². The lowest BCUT2D eigenvalue weighted by molar-refractivity contribution is -0.133. The average molecular weight is 331 g/mol. The van der Waals surface area contributed by atoms with E-state index in [0.29, 0.717) is 11.3 Å². The third-order valence-corrected chi connectivity index (χ3v) is 3.94. The molecule has 2 unspecified atom stereocenters. The lowest BCUT2D eigenvalue weighted by Crippen LogP contribution is -2.40. The molecule has 0 bridgehead atoms. The fraction of sp³-hybridized carbons (Fsp3) is 0.176. The van der Waals surface area contributed by atoms with Crippen molar-refractivity contribution in [2.24, 2.45) is 5.92 Å². The summed E-state index contributed by atoms with van der Waals surface area (Å²) in [6.07, 6.45) is 0. The van der Waals surface area contributed by atoms with Crippen LogP contribution in [0.5, 0.6) is 0 Å². The van der Waals surface area contributed by atoms with E-state index in [1.54, 1.807) is 24.3 Å². The highest BCUT2D eigenvalue weighted by Crippen LogP contribution is 2.30. The maximum atomic E-state index is 13.4. The van der Waals surface area contributed by atoms with Crippen molar-refractivity contribution in [2.45, 2.75) is 5.92 Å². The Morgan fingerprint density at radius 3 is 2.54 bits per heavy atom. The molecule has 0 aromatic heterocycles. The molecule has 3 N–H and O–H groups in total. The first kappa shape index (κ1) is 15.9. The van der Waals surface area contributed by atoms with E-state index in [0.717, 1.165) is 12.1 Å². The number of hydrogen-bond donors (Lipinski definition) is 3. The van der Waals surface area contributed by atoms with Gasteiger partial charge in [-0.05, 0) is 29.8 Å². The van der Waals surface area contributed by atoms with E-state index in [2.05, 4.69) is 16.2 Å². The number of hydrogen-bond acceptors (Lipinski definition) is 3. The molecule has 2 amide bonds. The van der Waals surface area contributed by atoms with Crippen molar-refractivity contribution < 1.29 is 18.4 Å². The molecule has 0 aliphatic carbocycles. The van der Waals surface area contributed by atoms with Gasteiger partial charge in [-0.1, -0.05) is 24.3 Å². The predicted octanol–water partition coefficient (Wildman–Crippen LogP) is 1.94. The fourth-order valence-electron chi connectivity index (χ4n) is 2.71. The molecule has 1 fully saturated rings. The van der Waals surface area contributed by atoms with Crippen LogP contribution in [0, 0.1) is 17.6 Å². The Labute approximate surface area is 137 Å². The van der Waals surface area contributed by atoms with Crippen LogP contribution < -0.4 is 16.2 Å². The summed E-state index contributed by atoms with van der Waals surface area (Å²) in [5.74, 6) is -4.55. The molecule has 3 rings (SSSR count). The van der Waals surface area contributed by atoms with E-state index < -0.39 is 35.3 Å². The lowest BCUT2D eigenvalue weighted by atomic mass is 9.88. The van der Waals surface area contributed by atoms with Gasteiger partial charge in [0.05, 0.1) is 5.69 Å². The van der Waals surface area contributed by atoms with Gasteiger partial charge in [0.15, 0.2) is 11.6 Å². The van der Waals surface area contributed by atoms with Gasteiger partial charge in [0.25, 0.3) is 5.91 Å². The first-order valence-corrected chi connectivity index (χ1v) is 7.40. The Bertz CT molecular complexity index is 768. The number of nitrogens with one attached hydrogen (secondary N) is 3. The molecule has 1 heterocycles. The van der Waals surface area contributed by atoms with E-state index in [9.17, 15) is 18.4 Å². The van der Waals surface area contributed by atoms with E-state index in [1.807, 2.05) is 6.07 Å². The van der Waals surface area contributed by atoms with Crippen LogP contribution >= 0.6 is 0 Å². The molecule has 1 aliphatic heterocycles. The summed E-state index contributed by atoms with van der Waals surface area (Å²) >= 11 is 0. The van der Waals surface area contributed by atoms with Crippen LogP contribution in [-0.2, 0) is 9.59 Å². The second kappa shape index (κ2) is 6.66. The van der Waals surface area contributed by atoms with Gasteiger partial charge in [-0.3, -0.25) is 20.4 Å². The summed E-state index contributed by atoms with van der Waals surface area (Å²) < 4.78 is 26.5. The van der Waals surface area contributed by atoms with Crippen molar-refractivity contribution >= 4 is 17.5 Å². The molecule has 124 valence electrons. The average Bonchev–Trinajstić information content (AvgIpc) is 2.98. The summed E-state index contributed by atoms with van der Waals surface area (Å²) in [7, 11) is 0. The van der Waals surface area contributed by atoms with Crippen molar-refractivity contribution in [1.29, 1.82) is 0 Å². The van der Waals surface area contributed by atoms with Crippen molar-refractivity contribution in [3.8, 4) is 0 Å². The van der Waals surface area contributed by atoms with Crippen LogP contribution in [0.25, 0.3) is 0 Å². The normalized spacial score (nSPS) is 19.7. The predicted molar refractivity (Wildman–Crippen MR) is 83.8 cm³/mol. The third kappa shape index (κ3) is 3.19. The Morgan fingerprint density at radius 2 is 1.83 bits per heavy atom. The first-order chi connectivity index (χ1) is 11.6. The number of rotatable bonds is 4. The molecule has 0 spiro atoms. The van der Waals surface area contributed by atoms with Gasteiger partial charge < -0.3 is 5.32 Å². The highest BCUT2D eigenvalue weighted by molar-refractivity contribution is 6.03. The van der Waals surface area contributed by atoms with Gasteiger partial charge in [-0.2, -0.15) is 0 Å². The third-order valence-electron chi connectivity index (χ3n) is 3.94. The van der Waals surface area contributed by atoms with Gasteiger partial charge in [0.1, 0.15) is 5.92 Å². The number of amides is 2. The number of halogens is 2. The minimum Gasteiger partial charge on any atom is -0.355 e. The topological polar surface area (TPSA) is 70.2 Å². The van der Waals surface area contributed by atoms with Crippen LogP contribution in [-0.4, -0.2) is 18.4 Å². The van der Waals surface area contributed by atoms with Gasteiger partial charge in [0.2, 0.25) is 5.91 Å². The Kier molecular flexibility index (Phi) is 4.41. The summed E-state index contributed by atoms with van der Waals surface area (Å²) in [6, 6.07) is 12.3. The van der Waals surface area contributed by atoms with Gasteiger partial charge in [-0.15, -0.1) is 0 Å². The molecular weight excluding hydrogens is 316 g/mol. The van der Waals surface area contributed by atoms with Crippen LogP contribution in [0.15, 0.2) is 48.5 Å². The molecule has 24 heavy (non-hydrogen) atoms. The van der Waals surface area contributed by atoms with Gasteiger partial charge in [0, 0.05) is 12.5 Å². The minimum atomic E-state index is -1.02. The van der Waals surface area contributed by atoms with Gasteiger partial charge >= 0.3 is 0 Å². The summed E-state index contributed by atoms with van der Waals surface area (Å²) in [6.45, 7) is 0.188. The number of benzene rings is 2. The van der Waals surface area contributed by atoms with Crippen molar-refractivity contribution in [2.75, 3.05) is 12.0 Å². The van der Waals surface area contributed by atoms with Crippen LogP contribution in [0.3, 0.4) is 0 Å². The van der Waals surface area contributed by atoms with Crippen molar-refractivity contribution in [3.05, 3.63) is 65.7 Å². The zero-order valence-electron chi connectivity index (χ0n) is 12.6. The number of hydrazine groups is 1. The molecule has 0 saturated carbocycles. The Balaban J connectivity index is 1.75. The largest absolute Gasteiger partial charge is 0.355 e. The van der Waals surface area contributed by atoms with E-state index in [-0.39, 0.29) is 6.54 Å². The number of carbonyl (C=O) groups excluding carboxylic acids is 2. The standard InChI is InChI=1S/C17H15F2N3O2/c18-13-7-6-10(8-14(13)19)12-9-20-16(23)15(12)17(24)22-21-11-4-2-1-3-5-11/h1-8,12,15,21H,9H2,(H,20,23)(H,22,24). The highest BCUT2D eigenvalue weighted by atomic mass is 19.2. The maximum absolute atomic E-state index is 13.4. The molecule has 1 saturated heterocycles. The smallest absolute Gasteiger partial charge is 0.251 e. The molecule has 7 heteroatoms. The van der Waals surface area contributed by atoms with E-state index >= 15 is 0 Å². The zero-order chi connectivity index (χ0) is 17.1. The monoisotopic (exact) mass is 331 g/mol. The first-order valence-electron chi connectivity index (χ1n) is 7.40. The number of para-hydroxylation sites is 1. The molecular formula is C17H15F2N3O2. The molecule has 5 nitrogen and oxygen atoms in total. The SMILES string of the molecule is O=C1NCC(c2ccc(F)c(F)c2)C1C(=O)NNc1ccccc1. The van der Waals surface area contributed by atoms with Crippen LogP contribution in [0.1, 0.15) is 11.5 Å². The molecule has 0 radical (unpaired) electrons. The van der Waals surface area contributed by atoms with Gasteiger partial charge in [-0.25, -0.2) is 8.78 Å². The molecule has 2 atom stereocenters. The Morgan fingerprint density at radius 1 is 1.08 bits per heavy atom. The minimum absolute atomic E-state index is 0.188. The van der Waals surface area contributed by atoms with Crippen LogP contribution in [0.2, 0.25) is 0 Å². The Hall–Kier alpha value is -2.96. The van der Waals surface area contributed by atoms with E-state index in [4.69, 9.17) is 0 Å². The molecule has 1 aliphatic rings. The second-order valence-corrected chi connectivity index (χ2v) is 5.48. The lowest BCUT2D eigenvalue weighted by Gasteiger charge is -2.18. The quantitative estimate of drug-likeness (QED) is 0.592. The molecule has 2 aromatic carbocycles. The summed E-state index contributed by atoms with van der Waals surface area (Å²) in [4.78, 5) is 24.4. The summed E-state index contributed by atoms with van der Waals surface area (Å²) in [5.41, 5.74) is 6.26. The zero-order valence-corrected chi connectivity index (χ0v) is 12.6. The molecule has 2 aromatic rings. The van der Waals surface area contributed by atoms with Crippen molar-refractivity contribution in [1.82, 2.24) is 10.7 Å². The number of carbonyl (C=O) groups is 2. The van der Waals surface area contributed by atoms with Crippen molar-refractivity contribution in [3.63, 3.8) is 0 Å². The maximum Gasteiger partial charge on any atom is 0.251 e. The number of anilines is 1. The fourth-order valence-corrected chi connectivity index (χ4v) is 2.71. The summed E-state index contributed by atoms with van der Waals surface area (Å²) in [5, 5.41) is 2.59. The highest BCUT2D eigenvalue weighted by Gasteiger charge is 2.41. The second-order valence-electron chi connectivity index (χ2n) is 5.48.